The SMILES string of the molecule is CC(=O)SCCC#Cc1cnc(N2CCCC2)nc1. The molecule has 0 unspecified atom stereocenters. The lowest BCUT2D eigenvalue weighted by atomic mass is 10.3. The van der Waals surface area contributed by atoms with Crippen molar-refractivity contribution in [1.82, 2.24) is 9.97 Å². The molecule has 1 aliphatic heterocycles. The smallest absolute Gasteiger partial charge is 0.225 e. The van der Waals surface area contributed by atoms with E-state index in [9.17, 15) is 4.79 Å². The van der Waals surface area contributed by atoms with E-state index in [0.29, 0.717) is 6.42 Å². The molecule has 0 aromatic carbocycles. The molecule has 0 aliphatic carbocycles. The zero-order chi connectivity index (χ0) is 13.5. The van der Waals surface area contributed by atoms with Crippen LogP contribution >= 0.6 is 11.8 Å². The van der Waals surface area contributed by atoms with Gasteiger partial charge in [-0.1, -0.05) is 23.6 Å². The molecule has 1 saturated heterocycles. The van der Waals surface area contributed by atoms with Crippen molar-refractivity contribution in [2.75, 3.05) is 23.7 Å². The summed E-state index contributed by atoms with van der Waals surface area (Å²) in [6.07, 6.45) is 6.69. The van der Waals surface area contributed by atoms with Gasteiger partial charge in [0, 0.05) is 44.6 Å². The average molecular weight is 275 g/mol. The first-order valence-electron chi connectivity index (χ1n) is 6.45. The van der Waals surface area contributed by atoms with E-state index in [4.69, 9.17) is 0 Å². The molecule has 1 aliphatic rings. The summed E-state index contributed by atoms with van der Waals surface area (Å²) in [6.45, 7) is 3.67. The minimum absolute atomic E-state index is 0.139. The maximum Gasteiger partial charge on any atom is 0.225 e. The lowest BCUT2D eigenvalue weighted by molar-refractivity contribution is -0.109. The summed E-state index contributed by atoms with van der Waals surface area (Å²) in [6, 6.07) is 0. The Labute approximate surface area is 118 Å². The van der Waals surface area contributed by atoms with Crippen molar-refractivity contribution < 1.29 is 4.79 Å². The lowest BCUT2D eigenvalue weighted by Crippen LogP contribution is -2.20. The quantitative estimate of drug-likeness (QED) is 0.624. The Bertz CT molecular complexity index is 484. The number of hydrogen-bond acceptors (Lipinski definition) is 5. The van der Waals surface area contributed by atoms with E-state index in [1.54, 1.807) is 19.3 Å². The standard InChI is InChI=1S/C14H17N3OS/c1-12(18)19-9-5-2-6-13-10-15-14(16-11-13)17-7-3-4-8-17/h10-11H,3-5,7-9H2,1H3. The molecule has 5 heteroatoms. The van der Waals surface area contributed by atoms with Crippen LogP contribution in [0.4, 0.5) is 5.95 Å². The van der Waals surface area contributed by atoms with Gasteiger partial charge in [0.05, 0.1) is 5.56 Å². The Kier molecular flexibility index (Phi) is 5.22. The molecule has 0 radical (unpaired) electrons. The Morgan fingerprint density at radius 2 is 2.05 bits per heavy atom. The summed E-state index contributed by atoms with van der Waals surface area (Å²) in [4.78, 5) is 21.6. The highest BCUT2D eigenvalue weighted by molar-refractivity contribution is 8.13. The summed E-state index contributed by atoms with van der Waals surface area (Å²) >= 11 is 1.31. The van der Waals surface area contributed by atoms with Crippen LogP contribution in [0.5, 0.6) is 0 Å². The third-order valence-corrected chi connectivity index (χ3v) is 3.61. The fourth-order valence-corrected chi connectivity index (χ4v) is 2.37. The molecular formula is C14H17N3OS. The molecule has 1 fully saturated rings. The summed E-state index contributed by atoms with van der Waals surface area (Å²) in [5, 5.41) is 0.139. The van der Waals surface area contributed by atoms with Crippen LogP contribution in [-0.2, 0) is 4.79 Å². The van der Waals surface area contributed by atoms with E-state index in [1.165, 1.54) is 24.6 Å². The van der Waals surface area contributed by atoms with Crippen LogP contribution in [0, 0.1) is 11.8 Å². The normalized spacial score (nSPS) is 14.1. The first-order valence-corrected chi connectivity index (χ1v) is 7.43. The van der Waals surface area contributed by atoms with Crippen molar-refractivity contribution >= 4 is 22.8 Å². The first-order chi connectivity index (χ1) is 9.25. The number of rotatable bonds is 3. The highest BCUT2D eigenvalue weighted by atomic mass is 32.2. The second-order valence-electron chi connectivity index (χ2n) is 4.36. The van der Waals surface area contributed by atoms with Crippen molar-refractivity contribution in [2.24, 2.45) is 0 Å². The molecule has 19 heavy (non-hydrogen) atoms. The maximum absolute atomic E-state index is 10.7. The minimum Gasteiger partial charge on any atom is -0.341 e. The summed E-state index contributed by atoms with van der Waals surface area (Å²) in [5.74, 6) is 7.59. The Morgan fingerprint density at radius 3 is 2.68 bits per heavy atom. The number of nitrogens with zero attached hydrogens (tertiary/aromatic N) is 3. The minimum atomic E-state index is 0.139. The molecule has 0 atom stereocenters. The second kappa shape index (κ2) is 7.15. The van der Waals surface area contributed by atoms with Gasteiger partial charge in [-0.05, 0) is 12.8 Å². The van der Waals surface area contributed by atoms with E-state index >= 15 is 0 Å². The predicted octanol–water partition coefficient (Wildman–Crippen LogP) is 2.10. The number of carbonyl (C=O) groups excluding carboxylic acids is 1. The number of anilines is 1. The van der Waals surface area contributed by atoms with Gasteiger partial charge in [-0.15, -0.1) is 0 Å². The Balaban J connectivity index is 1.84. The Morgan fingerprint density at radius 1 is 1.37 bits per heavy atom. The van der Waals surface area contributed by atoms with Crippen LogP contribution in [0.3, 0.4) is 0 Å². The Hall–Kier alpha value is -1.54. The molecule has 2 rings (SSSR count). The first kappa shape index (κ1) is 13.9. The van der Waals surface area contributed by atoms with Gasteiger partial charge in [0.1, 0.15) is 0 Å². The van der Waals surface area contributed by atoms with Gasteiger partial charge in [0.2, 0.25) is 5.95 Å². The highest BCUT2D eigenvalue weighted by Gasteiger charge is 2.13. The molecular weight excluding hydrogens is 258 g/mol. The molecule has 0 N–H and O–H groups in total. The van der Waals surface area contributed by atoms with Gasteiger partial charge >= 0.3 is 0 Å². The topological polar surface area (TPSA) is 46.1 Å². The van der Waals surface area contributed by atoms with Gasteiger partial charge in [-0.3, -0.25) is 4.79 Å². The van der Waals surface area contributed by atoms with Gasteiger partial charge in [-0.25, -0.2) is 9.97 Å². The van der Waals surface area contributed by atoms with Crippen LogP contribution in [0.1, 0.15) is 31.7 Å². The molecule has 1 aromatic rings. The zero-order valence-electron chi connectivity index (χ0n) is 11.1. The van der Waals surface area contributed by atoms with Crippen molar-refractivity contribution in [3.63, 3.8) is 0 Å². The molecule has 0 bridgehead atoms. The van der Waals surface area contributed by atoms with E-state index in [2.05, 4.69) is 26.7 Å². The number of thioether (sulfide) groups is 1. The largest absolute Gasteiger partial charge is 0.341 e. The zero-order valence-corrected chi connectivity index (χ0v) is 11.9. The molecule has 0 amide bonds. The molecule has 100 valence electrons. The van der Waals surface area contributed by atoms with Gasteiger partial charge in [0.25, 0.3) is 0 Å². The van der Waals surface area contributed by atoms with Crippen molar-refractivity contribution in [3.05, 3.63) is 18.0 Å². The van der Waals surface area contributed by atoms with E-state index < -0.39 is 0 Å². The number of carbonyl (C=O) groups is 1. The predicted molar refractivity (Wildman–Crippen MR) is 78.1 cm³/mol. The molecule has 0 spiro atoms. The second-order valence-corrected chi connectivity index (χ2v) is 5.63. The number of aromatic nitrogens is 2. The van der Waals surface area contributed by atoms with E-state index in [-0.39, 0.29) is 5.12 Å². The van der Waals surface area contributed by atoms with Crippen LogP contribution in [0.25, 0.3) is 0 Å². The van der Waals surface area contributed by atoms with Gasteiger partial charge < -0.3 is 4.90 Å². The van der Waals surface area contributed by atoms with E-state index in [0.717, 1.165) is 30.4 Å². The monoisotopic (exact) mass is 275 g/mol. The lowest BCUT2D eigenvalue weighted by Gasteiger charge is -2.13. The fraction of sp³-hybridized carbons (Fsp3) is 0.500. The maximum atomic E-state index is 10.7. The van der Waals surface area contributed by atoms with E-state index in [1.807, 2.05) is 0 Å². The molecule has 0 saturated carbocycles. The van der Waals surface area contributed by atoms with Crippen LogP contribution in [0.15, 0.2) is 12.4 Å². The third kappa shape index (κ3) is 4.56. The van der Waals surface area contributed by atoms with Gasteiger partial charge in [-0.2, -0.15) is 0 Å². The van der Waals surface area contributed by atoms with Crippen molar-refractivity contribution in [2.45, 2.75) is 26.2 Å². The molecule has 2 heterocycles. The van der Waals surface area contributed by atoms with Crippen molar-refractivity contribution in [1.29, 1.82) is 0 Å². The summed E-state index contributed by atoms with van der Waals surface area (Å²) in [7, 11) is 0. The summed E-state index contributed by atoms with van der Waals surface area (Å²) in [5.41, 5.74) is 0.829. The fourth-order valence-electron chi connectivity index (χ4n) is 1.88. The third-order valence-electron chi connectivity index (χ3n) is 2.79. The van der Waals surface area contributed by atoms with Crippen LogP contribution < -0.4 is 4.90 Å². The highest BCUT2D eigenvalue weighted by Crippen LogP contribution is 2.14. The van der Waals surface area contributed by atoms with Crippen LogP contribution in [-0.4, -0.2) is 33.9 Å². The summed E-state index contributed by atoms with van der Waals surface area (Å²) < 4.78 is 0. The van der Waals surface area contributed by atoms with Crippen molar-refractivity contribution in [3.8, 4) is 11.8 Å². The molecule has 1 aromatic heterocycles. The molecule has 4 nitrogen and oxygen atoms in total. The van der Waals surface area contributed by atoms with Gasteiger partial charge in [0.15, 0.2) is 5.12 Å². The number of hydrogen-bond donors (Lipinski definition) is 0. The average Bonchev–Trinajstić information content (AvgIpc) is 2.93. The van der Waals surface area contributed by atoms with Crippen LogP contribution in [0.2, 0.25) is 0 Å².